The fourth-order valence-corrected chi connectivity index (χ4v) is 2.20. The Labute approximate surface area is 110 Å². The molecule has 100 valence electrons. The van der Waals surface area contributed by atoms with E-state index in [0.29, 0.717) is 17.9 Å². The van der Waals surface area contributed by atoms with Crippen LogP contribution in [0.25, 0.3) is 5.69 Å². The van der Waals surface area contributed by atoms with Gasteiger partial charge in [-0.25, -0.2) is 9.48 Å². The molecule has 0 aliphatic heterocycles. The van der Waals surface area contributed by atoms with Gasteiger partial charge in [0, 0.05) is 6.54 Å². The van der Waals surface area contributed by atoms with Gasteiger partial charge in [-0.2, -0.15) is 0 Å². The third-order valence-electron chi connectivity index (χ3n) is 3.05. The van der Waals surface area contributed by atoms with E-state index >= 15 is 0 Å². The molecule has 0 saturated heterocycles. The summed E-state index contributed by atoms with van der Waals surface area (Å²) in [4.78, 5) is 23.5. The molecule has 0 radical (unpaired) electrons. The third-order valence-corrected chi connectivity index (χ3v) is 3.05. The molecule has 5 nitrogen and oxygen atoms in total. The highest BCUT2D eigenvalue weighted by molar-refractivity contribution is 5.88. The van der Waals surface area contributed by atoms with Crippen molar-refractivity contribution in [2.24, 2.45) is 0 Å². The van der Waals surface area contributed by atoms with Crippen LogP contribution in [0.15, 0.2) is 35.1 Å². The Bertz CT molecular complexity index is 653. The first kappa shape index (κ1) is 13.1. The number of carbonyl (C=O) groups is 1. The van der Waals surface area contributed by atoms with Gasteiger partial charge in [-0.05, 0) is 25.5 Å². The Balaban J connectivity index is 2.76. The number of aromatic nitrogens is 2. The van der Waals surface area contributed by atoms with E-state index in [2.05, 4.69) is 0 Å². The Morgan fingerprint density at radius 1 is 1.26 bits per heavy atom. The van der Waals surface area contributed by atoms with Crippen LogP contribution in [-0.4, -0.2) is 20.4 Å². The lowest BCUT2D eigenvalue weighted by Gasteiger charge is -2.12. The van der Waals surface area contributed by atoms with Crippen LogP contribution in [0.3, 0.4) is 0 Å². The minimum absolute atomic E-state index is 0.155. The van der Waals surface area contributed by atoms with Gasteiger partial charge in [0.2, 0.25) is 0 Å². The molecular formula is C14H16N2O3. The third kappa shape index (κ3) is 2.19. The van der Waals surface area contributed by atoms with E-state index in [1.54, 1.807) is 23.7 Å². The van der Waals surface area contributed by atoms with Crippen LogP contribution in [-0.2, 0) is 6.54 Å². The number of rotatable bonds is 4. The summed E-state index contributed by atoms with van der Waals surface area (Å²) in [5.74, 6) is -1.18. The van der Waals surface area contributed by atoms with Gasteiger partial charge >= 0.3 is 5.97 Å². The van der Waals surface area contributed by atoms with Gasteiger partial charge in [0.05, 0.1) is 11.4 Å². The Morgan fingerprint density at radius 3 is 2.42 bits per heavy atom. The Morgan fingerprint density at radius 2 is 1.89 bits per heavy atom. The molecule has 2 aromatic rings. The van der Waals surface area contributed by atoms with E-state index in [0.717, 1.165) is 6.42 Å². The van der Waals surface area contributed by atoms with Crippen molar-refractivity contribution in [3.8, 4) is 5.69 Å². The van der Waals surface area contributed by atoms with E-state index in [-0.39, 0.29) is 5.56 Å². The number of para-hydroxylation sites is 1. The van der Waals surface area contributed by atoms with E-state index in [1.807, 2.05) is 25.1 Å². The number of benzene rings is 1. The van der Waals surface area contributed by atoms with Crippen molar-refractivity contribution in [3.05, 3.63) is 51.9 Å². The predicted octanol–water partition coefficient (Wildman–Crippen LogP) is 2.06. The molecule has 0 aliphatic rings. The van der Waals surface area contributed by atoms with Crippen molar-refractivity contribution in [1.82, 2.24) is 9.36 Å². The molecule has 19 heavy (non-hydrogen) atoms. The second-order valence-corrected chi connectivity index (χ2v) is 4.34. The standard InChI is InChI=1S/C14H16N2O3/c1-3-9-15-10(2)12(14(18)19)13(17)16(15)11-7-5-4-6-8-11/h4-8H,3,9H2,1-2H3,(H,18,19). The van der Waals surface area contributed by atoms with E-state index in [4.69, 9.17) is 0 Å². The summed E-state index contributed by atoms with van der Waals surface area (Å²) >= 11 is 0. The maximum atomic E-state index is 12.3. The van der Waals surface area contributed by atoms with Gasteiger partial charge in [-0.15, -0.1) is 0 Å². The number of carboxylic acids is 1. The molecule has 1 aromatic carbocycles. The van der Waals surface area contributed by atoms with Crippen LogP contribution in [0.5, 0.6) is 0 Å². The molecule has 0 aliphatic carbocycles. The number of aromatic carboxylic acids is 1. The van der Waals surface area contributed by atoms with Crippen molar-refractivity contribution in [3.63, 3.8) is 0 Å². The number of hydrogen-bond donors (Lipinski definition) is 1. The topological polar surface area (TPSA) is 64.2 Å². The molecule has 0 atom stereocenters. The van der Waals surface area contributed by atoms with Crippen LogP contribution in [0, 0.1) is 6.92 Å². The quantitative estimate of drug-likeness (QED) is 0.915. The zero-order chi connectivity index (χ0) is 14.0. The summed E-state index contributed by atoms with van der Waals surface area (Å²) in [7, 11) is 0. The Hall–Kier alpha value is -2.30. The first-order valence-corrected chi connectivity index (χ1v) is 6.19. The smallest absolute Gasteiger partial charge is 0.343 e. The molecule has 0 saturated carbocycles. The SMILES string of the molecule is CCCn1c(C)c(C(=O)O)c(=O)n1-c1ccccc1. The molecular weight excluding hydrogens is 244 g/mol. The van der Waals surface area contributed by atoms with Crippen molar-refractivity contribution < 1.29 is 9.90 Å². The van der Waals surface area contributed by atoms with Gasteiger partial charge in [-0.1, -0.05) is 25.1 Å². The maximum Gasteiger partial charge on any atom is 0.343 e. The first-order valence-electron chi connectivity index (χ1n) is 6.19. The highest BCUT2D eigenvalue weighted by Gasteiger charge is 2.22. The van der Waals surface area contributed by atoms with Crippen LogP contribution < -0.4 is 5.56 Å². The van der Waals surface area contributed by atoms with Gasteiger partial charge in [0.1, 0.15) is 5.56 Å². The zero-order valence-electron chi connectivity index (χ0n) is 11.0. The average molecular weight is 260 g/mol. The molecule has 0 spiro atoms. The minimum Gasteiger partial charge on any atom is -0.477 e. The van der Waals surface area contributed by atoms with E-state index in [1.165, 1.54) is 4.68 Å². The highest BCUT2D eigenvalue weighted by Crippen LogP contribution is 2.12. The molecule has 1 aromatic heterocycles. The monoisotopic (exact) mass is 260 g/mol. The summed E-state index contributed by atoms with van der Waals surface area (Å²) < 4.78 is 3.16. The normalized spacial score (nSPS) is 10.6. The minimum atomic E-state index is -1.18. The molecule has 1 N–H and O–H groups in total. The number of carboxylic acid groups (broad SMARTS) is 1. The molecule has 0 bridgehead atoms. The summed E-state index contributed by atoms with van der Waals surface area (Å²) in [5, 5.41) is 9.17. The highest BCUT2D eigenvalue weighted by atomic mass is 16.4. The second-order valence-electron chi connectivity index (χ2n) is 4.34. The van der Waals surface area contributed by atoms with Crippen molar-refractivity contribution in [2.45, 2.75) is 26.8 Å². The lowest BCUT2D eigenvalue weighted by atomic mass is 10.2. The van der Waals surface area contributed by atoms with Gasteiger partial charge in [0.15, 0.2) is 0 Å². The van der Waals surface area contributed by atoms with Gasteiger partial charge < -0.3 is 5.11 Å². The lowest BCUT2D eigenvalue weighted by molar-refractivity contribution is 0.0694. The molecule has 0 unspecified atom stereocenters. The molecule has 2 rings (SSSR count). The van der Waals surface area contributed by atoms with E-state index in [9.17, 15) is 14.7 Å². The van der Waals surface area contributed by atoms with Crippen LogP contribution >= 0.6 is 0 Å². The summed E-state index contributed by atoms with van der Waals surface area (Å²) in [5.41, 5.74) is 0.529. The average Bonchev–Trinajstić information content (AvgIpc) is 2.63. The number of nitrogens with zero attached hydrogens (tertiary/aromatic N) is 2. The molecule has 5 heteroatoms. The van der Waals surface area contributed by atoms with Gasteiger partial charge in [0.25, 0.3) is 5.56 Å². The molecule has 0 amide bonds. The first-order chi connectivity index (χ1) is 9.07. The molecule has 1 heterocycles. The largest absolute Gasteiger partial charge is 0.477 e. The summed E-state index contributed by atoms with van der Waals surface area (Å²) in [6, 6.07) is 9.07. The number of hydrogen-bond acceptors (Lipinski definition) is 2. The lowest BCUT2D eigenvalue weighted by Crippen LogP contribution is -2.23. The van der Waals surface area contributed by atoms with Crippen LogP contribution in [0.1, 0.15) is 29.4 Å². The second kappa shape index (κ2) is 5.14. The summed E-state index contributed by atoms with van der Waals surface area (Å²) in [6.45, 7) is 4.25. The fourth-order valence-electron chi connectivity index (χ4n) is 2.20. The zero-order valence-corrected chi connectivity index (χ0v) is 11.0. The van der Waals surface area contributed by atoms with E-state index < -0.39 is 11.5 Å². The molecule has 0 fully saturated rings. The van der Waals surface area contributed by atoms with Crippen molar-refractivity contribution >= 4 is 5.97 Å². The van der Waals surface area contributed by atoms with Crippen molar-refractivity contribution in [2.75, 3.05) is 0 Å². The predicted molar refractivity (Wildman–Crippen MR) is 72.0 cm³/mol. The van der Waals surface area contributed by atoms with Gasteiger partial charge in [-0.3, -0.25) is 9.48 Å². The van der Waals surface area contributed by atoms with Crippen molar-refractivity contribution in [1.29, 1.82) is 0 Å². The maximum absolute atomic E-state index is 12.3. The fraction of sp³-hybridized carbons (Fsp3) is 0.286. The Kier molecular flexibility index (Phi) is 3.55. The van der Waals surface area contributed by atoms with Crippen LogP contribution in [0.2, 0.25) is 0 Å². The summed E-state index contributed by atoms with van der Waals surface area (Å²) in [6.07, 6.45) is 0.820. The van der Waals surface area contributed by atoms with Crippen LogP contribution in [0.4, 0.5) is 0 Å².